The van der Waals surface area contributed by atoms with E-state index in [2.05, 4.69) is 44.1 Å². The Morgan fingerprint density at radius 3 is 2.78 bits per heavy atom. The van der Waals surface area contributed by atoms with Crippen molar-refractivity contribution in [1.82, 2.24) is 15.0 Å². The summed E-state index contributed by atoms with van der Waals surface area (Å²) in [5.74, 6) is 1.01. The van der Waals surface area contributed by atoms with Crippen molar-refractivity contribution >= 4 is 24.1 Å². The third kappa shape index (κ3) is 2.06. The van der Waals surface area contributed by atoms with Crippen molar-refractivity contribution in [2.45, 2.75) is 13.0 Å². The highest BCUT2D eigenvalue weighted by molar-refractivity contribution is 7.71. The van der Waals surface area contributed by atoms with Gasteiger partial charge in [0.25, 0.3) is 0 Å². The molecule has 2 aromatic rings. The van der Waals surface area contributed by atoms with Crippen molar-refractivity contribution in [1.29, 1.82) is 0 Å². The molecule has 0 saturated heterocycles. The number of hydrogen-bond donors (Lipinski definition) is 2. The molecule has 1 aliphatic heterocycles. The van der Waals surface area contributed by atoms with Crippen LogP contribution in [-0.2, 0) is 13.0 Å². The lowest BCUT2D eigenvalue weighted by Gasteiger charge is -2.29. The maximum atomic E-state index is 5.66. The van der Waals surface area contributed by atoms with E-state index in [1.54, 1.807) is 0 Å². The van der Waals surface area contributed by atoms with Crippen LogP contribution >= 0.6 is 12.2 Å². The number of nitrogens with two attached hydrogens (primary N) is 1. The van der Waals surface area contributed by atoms with Crippen molar-refractivity contribution in [3.8, 4) is 0 Å². The number of aromatic nitrogens is 3. The van der Waals surface area contributed by atoms with Gasteiger partial charge >= 0.3 is 0 Å². The molecule has 0 atom stereocenters. The number of aromatic amines is 1. The molecule has 0 bridgehead atoms. The van der Waals surface area contributed by atoms with Crippen LogP contribution < -0.4 is 10.6 Å². The quantitative estimate of drug-likeness (QED) is 0.762. The lowest BCUT2D eigenvalue weighted by molar-refractivity contribution is 0.704. The molecule has 0 amide bonds. The number of hydrogen-bond acceptors (Lipinski definition) is 5. The van der Waals surface area contributed by atoms with Gasteiger partial charge in [0.15, 0.2) is 0 Å². The van der Waals surface area contributed by atoms with Crippen LogP contribution in [-0.4, -0.2) is 21.5 Å². The van der Waals surface area contributed by atoms with Crippen LogP contribution in [0.5, 0.6) is 0 Å². The molecule has 92 valence electrons. The van der Waals surface area contributed by atoms with Crippen LogP contribution in [0.2, 0.25) is 0 Å². The number of nitrogens with zero attached hydrogens (tertiary/aromatic N) is 3. The van der Waals surface area contributed by atoms with Crippen LogP contribution in [0.1, 0.15) is 11.1 Å². The summed E-state index contributed by atoms with van der Waals surface area (Å²) in [5, 5.41) is 0. The highest BCUT2D eigenvalue weighted by atomic mass is 32.1. The Bertz CT molecular complexity index is 636. The van der Waals surface area contributed by atoms with E-state index < -0.39 is 0 Å². The topological polar surface area (TPSA) is 70.8 Å². The minimum Gasteiger partial charge on any atom is -0.369 e. The average Bonchev–Trinajstić information content (AvgIpc) is 2.37. The van der Waals surface area contributed by atoms with Gasteiger partial charge in [-0.25, -0.2) is 0 Å². The first-order chi connectivity index (χ1) is 8.72. The first-order valence-electron chi connectivity index (χ1n) is 5.78. The van der Waals surface area contributed by atoms with Crippen LogP contribution in [0.15, 0.2) is 24.3 Å². The number of fused-ring (bicyclic) bond motifs is 1. The van der Waals surface area contributed by atoms with E-state index in [1.807, 2.05) is 0 Å². The zero-order valence-corrected chi connectivity index (χ0v) is 10.6. The fourth-order valence-electron chi connectivity index (χ4n) is 2.22. The van der Waals surface area contributed by atoms with Crippen molar-refractivity contribution in [3.63, 3.8) is 0 Å². The summed E-state index contributed by atoms with van der Waals surface area (Å²) in [5.41, 5.74) is 8.38. The molecule has 3 N–H and O–H groups in total. The Kier molecular flexibility index (Phi) is 2.71. The Balaban J connectivity index is 1.94. The fraction of sp³-hybridized carbons (Fsp3) is 0.250. The Labute approximate surface area is 110 Å². The molecule has 6 heteroatoms. The van der Waals surface area contributed by atoms with E-state index in [9.17, 15) is 0 Å². The van der Waals surface area contributed by atoms with Gasteiger partial charge < -0.3 is 10.6 Å². The SMILES string of the molecule is Nc1nc(=S)nc(N2CCc3ccccc3C2)[nH]1. The van der Waals surface area contributed by atoms with Gasteiger partial charge in [-0.15, -0.1) is 0 Å². The van der Waals surface area contributed by atoms with E-state index in [0.29, 0.717) is 11.9 Å². The van der Waals surface area contributed by atoms with E-state index >= 15 is 0 Å². The number of rotatable bonds is 1. The molecule has 0 fully saturated rings. The molecule has 0 saturated carbocycles. The average molecular weight is 259 g/mol. The van der Waals surface area contributed by atoms with Crippen molar-refractivity contribution in [2.75, 3.05) is 17.2 Å². The zero-order valence-electron chi connectivity index (χ0n) is 9.76. The van der Waals surface area contributed by atoms with Crippen LogP contribution in [0.25, 0.3) is 0 Å². The van der Waals surface area contributed by atoms with Gasteiger partial charge in [-0.2, -0.15) is 9.97 Å². The molecule has 1 aromatic carbocycles. The maximum absolute atomic E-state index is 5.66. The summed E-state index contributed by atoms with van der Waals surface area (Å²) in [6.07, 6.45) is 1.00. The van der Waals surface area contributed by atoms with Gasteiger partial charge in [-0.1, -0.05) is 24.3 Å². The Morgan fingerprint density at radius 2 is 2.00 bits per heavy atom. The third-order valence-electron chi connectivity index (χ3n) is 3.09. The van der Waals surface area contributed by atoms with Crippen LogP contribution in [0.3, 0.4) is 0 Å². The normalized spacial score (nSPS) is 14.3. The molecule has 0 aliphatic carbocycles. The van der Waals surface area contributed by atoms with Crippen LogP contribution in [0, 0.1) is 4.77 Å². The van der Waals surface area contributed by atoms with E-state index in [-0.39, 0.29) is 4.77 Å². The molecule has 0 radical (unpaired) electrons. The van der Waals surface area contributed by atoms with E-state index in [1.165, 1.54) is 11.1 Å². The molecule has 0 spiro atoms. The second kappa shape index (κ2) is 4.38. The molecule has 3 rings (SSSR count). The van der Waals surface area contributed by atoms with Gasteiger partial charge in [0, 0.05) is 13.1 Å². The summed E-state index contributed by atoms with van der Waals surface area (Å²) in [6.45, 7) is 1.72. The molecule has 2 heterocycles. The summed E-state index contributed by atoms with van der Waals surface area (Å²) >= 11 is 4.99. The zero-order chi connectivity index (χ0) is 12.5. The highest BCUT2D eigenvalue weighted by Gasteiger charge is 2.17. The number of nitrogen functional groups attached to an aromatic ring is 1. The molecule has 1 aromatic heterocycles. The smallest absolute Gasteiger partial charge is 0.225 e. The maximum Gasteiger partial charge on any atom is 0.225 e. The number of anilines is 2. The van der Waals surface area contributed by atoms with Crippen molar-refractivity contribution in [2.24, 2.45) is 0 Å². The Hall–Kier alpha value is -1.95. The first-order valence-corrected chi connectivity index (χ1v) is 6.19. The standard InChI is InChI=1S/C12H13N5S/c13-10-14-11(16-12(18)15-10)17-6-5-8-3-1-2-4-9(8)7-17/h1-4H,5-7H2,(H3,13,14,15,16,18). The van der Waals surface area contributed by atoms with Gasteiger partial charge in [0.05, 0.1) is 0 Å². The van der Waals surface area contributed by atoms with Gasteiger partial charge in [0.1, 0.15) is 0 Å². The molecule has 5 nitrogen and oxygen atoms in total. The predicted octanol–water partition coefficient (Wildman–Crippen LogP) is 1.68. The second-order valence-electron chi connectivity index (χ2n) is 4.28. The first kappa shape index (κ1) is 11.2. The molecule has 0 unspecified atom stereocenters. The largest absolute Gasteiger partial charge is 0.369 e. The van der Waals surface area contributed by atoms with Gasteiger partial charge in [-0.05, 0) is 29.8 Å². The van der Waals surface area contributed by atoms with Gasteiger partial charge in [-0.3, -0.25) is 4.98 Å². The highest BCUT2D eigenvalue weighted by Crippen LogP contribution is 2.21. The second-order valence-corrected chi connectivity index (χ2v) is 4.65. The molecule has 1 aliphatic rings. The number of H-pyrrole nitrogens is 1. The summed E-state index contributed by atoms with van der Waals surface area (Å²) in [7, 11) is 0. The van der Waals surface area contributed by atoms with Crippen LogP contribution in [0.4, 0.5) is 11.9 Å². The Morgan fingerprint density at radius 1 is 1.22 bits per heavy atom. The minimum atomic E-state index is 0.278. The van der Waals surface area contributed by atoms with Gasteiger partial charge in [0.2, 0.25) is 16.7 Å². The lowest BCUT2D eigenvalue weighted by Crippen LogP contribution is -2.32. The van der Waals surface area contributed by atoms with E-state index in [4.69, 9.17) is 18.0 Å². The summed E-state index contributed by atoms with van der Waals surface area (Å²) in [6, 6.07) is 8.44. The lowest BCUT2D eigenvalue weighted by atomic mass is 10.0. The summed E-state index contributed by atoms with van der Waals surface area (Å²) in [4.78, 5) is 13.2. The van der Waals surface area contributed by atoms with E-state index in [0.717, 1.165) is 19.5 Å². The third-order valence-corrected chi connectivity index (χ3v) is 3.27. The molecule has 18 heavy (non-hydrogen) atoms. The molecular weight excluding hydrogens is 246 g/mol. The van der Waals surface area contributed by atoms with Crippen molar-refractivity contribution in [3.05, 3.63) is 40.2 Å². The van der Waals surface area contributed by atoms with Crippen molar-refractivity contribution < 1.29 is 0 Å². The predicted molar refractivity (Wildman–Crippen MR) is 72.8 cm³/mol. The number of nitrogens with one attached hydrogen (secondary N) is 1. The summed E-state index contributed by atoms with van der Waals surface area (Å²) < 4.78 is 0.278. The molecular formula is C12H13N5S. The minimum absolute atomic E-state index is 0.278. The number of benzene rings is 1. The monoisotopic (exact) mass is 259 g/mol. The fourth-order valence-corrected chi connectivity index (χ4v) is 2.40.